The predicted octanol–water partition coefficient (Wildman–Crippen LogP) is 2.92. The maximum absolute atomic E-state index is 12.0. The Labute approximate surface area is 118 Å². The van der Waals surface area contributed by atoms with Gasteiger partial charge in [-0.25, -0.2) is 4.98 Å². The summed E-state index contributed by atoms with van der Waals surface area (Å²) in [5, 5.41) is 0. The van der Waals surface area contributed by atoms with Crippen LogP contribution in [0.15, 0.2) is 39.8 Å². The Morgan fingerprint density at radius 1 is 1.24 bits per heavy atom. The number of rotatable bonds is 4. The molecule has 1 heterocycles. The van der Waals surface area contributed by atoms with E-state index in [4.69, 9.17) is 4.42 Å². The van der Waals surface area contributed by atoms with Gasteiger partial charge in [0.2, 0.25) is 0 Å². The van der Waals surface area contributed by atoms with Crippen molar-refractivity contribution >= 4 is 10.1 Å². The molecule has 2 rings (SSSR count). The minimum Gasteiger partial charge on any atom is -0.449 e. The highest BCUT2D eigenvalue weighted by atomic mass is 32.2. The molecular formula is C12H10F3NO4S. The predicted molar refractivity (Wildman–Crippen MR) is 65.9 cm³/mol. The number of aromatic nitrogens is 1. The van der Waals surface area contributed by atoms with Gasteiger partial charge in [0.25, 0.3) is 10.1 Å². The number of benzene rings is 1. The van der Waals surface area contributed by atoms with Crippen LogP contribution in [0.4, 0.5) is 13.2 Å². The molecule has 21 heavy (non-hydrogen) atoms. The van der Waals surface area contributed by atoms with E-state index in [1.807, 2.05) is 0 Å². The van der Waals surface area contributed by atoms with Gasteiger partial charge in [0.05, 0.1) is 4.90 Å². The molecule has 9 heteroatoms. The SMILES string of the molecule is Cc1nc(-c2ccc(S(=O)(=O)OCC(F)(F)F)cc2)co1. The lowest BCUT2D eigenvalue weighted by Gasteiger charge is -2.08. The highest BCUT2D eigenvalue weighted by Crippen LogP contribution is 2.23. The van der Waals surface area contributed by atoms with Crippen LogP contribution in [0.25, 0.3) is 11.3 Å². The smallest absolute Gasteiger partial charge is 0.413 e. The van der Waals surface area contributed by atoms with Gasteiger partial charge < -0.3 is 4.42 Å². The number of oxazole rings is 1. The van der Waals surface area contributed by atoms with Crippen LogP contribution in [-0.2, 0) is 14.3 Å². The molecule has 2 aromatic rings. The van der Waals surface area contributed by atoms with E-state index in [1.54, 1.807) is 6.92 Å². The van der Waals surface area contributed by atoms with Crippen LogP contribution in [0, 0.1) is 6.92 Å². The normalized spacial score (nSPS) is 12.6. The van der Waals surface area contributed by atoms with Crippen molar-refractivity contribution < 1.29 is 30.2 Å². The van der Waals surface area contributed by atoms with E-state index in [0.717, 1.165) is 12.1 Å². The Balaban J connectivity index is 2.18. The highest BCUT2D eigenvalue weighted by molar-refractivity contribution is 7.86. The van der Waals surface area contributed by atoms with Crippen molar-refractivity contribution in [2.45, 2.75) is 18.0 Å². The lowest BCUT2D eigenvalue weighted by molar-refractivity contribution is -0.152. The van der Waals surface area contributed by atoms with Gasteiger partial charge >= 0.3 is 6.18 Å². The summed E-state index contributed by atoms with van der Waals surface area (Å²) in [7, 11) is -4.45. The van der Waals surface area contributed by atoms with Crippen LogP contribution in [-0.4, -0.2) is 26.2 Å². The number of nitrogens with zero attached hydrogens (tertiary/aromatic N) is 1. The first-order valence-electron chi connectivity index (χ1n) is 5.66. The summed E-state index contributed by atoms with van der Waals surface area (Å²) >= 11 is 0. The topological polar surface area (TPSA) is 69.4 Å². The average Bonchev–Trinajstić information content (AvgIpc) is 2.83. The van der Waals surface area contributed by atoms with Crippen LogP contribution < -0.4 is 0 Å². The molecule has 0 saturated heterocycles. The monoisotopic (exact) mass is 321 g/mol. The molecule has 0 aliphatic rings. The van der Waals surface area contributed by atoms with Gasteiger partial charge in [-0.3, -0.25) is 4.18 Å². The maximum Gasteiger partial charge on any atom is 0.413 e. The molecule has 0 unspecified atom stereocenters. The van der Waals surface area contributed by atoms with Gasteiger partial charge in [0.15, 0.2) is 12.5 Å². The van der Waals surface area contributed by atoms with Gasteiger partial charge in [-0.15, -0.1) is 0 Å². The Morgan fingerprint density at radius 3 is 2.33 bits per heavy atom. The van der Waals surface area contributed by atoms with Gasteiger partial charge in [-0.1, -0.05) is 12.1 Å². The Bertz CT molecular complexity index is 720. The summed E-state index contributed by atoms with van der Waals surface area (Å²) in [6, 6.07) is 5.10. The molecule has 114 valence electrons. The number of alkyl halides is 3. The molecule has 0 aliphatic carbocycles. The number of hydrogen-bond donors (Lipinski definition) is 0. The summed E-state index contributed by atoms with van der Waals surface area (Å²) < 4.78 is 68.0. The summed E-state index contributed by atoms with van der Waals surface area (Å²) in [4.78, 5) is 3.68. The third kappa shape index (κ3) is 4.05. The number of halogens is 3. The Morgan fingerprint density at radius 2 is 1.86 bits per heavy atom. The Hall–Kier alpha value is -1.87. The molecule has 0 N–H and O–H groups in total. The first-order chi connectivity index (χ1) is 9.67. The molecule has 0 aliphatic heterocycles. The molecule has 1 aromatic heterocycles. The lowest BCUT2D eigenvalue weighted by atomic mass is 10.2. The second kappa shape index (κ2) is 5.49. The first-order valence-corrected chi connectivity index (χ1v) is 7.07. The van der Waals surface area contributed by atoms with Crippen molar-refractivity contribution in [1.29, 1.82) is 0 Å². The number of aryl methyl sites for hydroxylation is 1. The minimum atomic E-state index is -4.72. The van der Waals surface area contributed by atoms with E-state index in [0.29, 0.717) is 17.1 Å². The van der Waals surface area contributed by atoms with E-state index in [2.05, 4.69) is 9.17 Å². The molecule has 0 spiro atoms. The molecule has 0 radical (unpaired) electrons. The van der Waals surface area contributed by atoms with Gasteiger partial charge in [-0.2, -0.15) is 21.6 Å². The fourth-order valence-corrected chi connectivity index (χ4v) is 2.40. The largest absolute Gasteiger partial charge is 0.449 e. The van der Waals surface area contributed by atoms with E-state index in [-0.39, 0.29) is 4.90 Å². The van der Waals surface area contributed by atoms with Crippen LogP contribution in [0.3, 0.4) is 0 Å². The third-order valence-electron chi connectivity index (χ3n) is 2.44. The Kier molecular flexibility index (Phi) is 4.06. The second-order valence-electron chi connectivity index (χ2n) is 4.11. The fourth-order valence-electron chi connectivity index (χ4n) is 1.50. The summed E-state index contributed by atoms with van der Waals surface area (Å²) in [6.45, 7) is -0.215. The van der Waals surface area contributed by atoms with Crippen LogP contribution in [0.2, 0.25) is 0 Å². The summed E-state index contributed by atoms with van der Waals surface area (Å²) in [5.74, 6) is 0.440. The quantitative estimate of drug-likeness (QED) is 0.810. The van der Waals surface area contributed by atoms with E-state index in [1.165, 1.54) is 18.4 Å². The molecular weight excluding hydrogens is 311 g/mol. The van der Waals surface area contributed by atoms with Crippen molar-refractivity contribution in [1.82, 2.24) is 4.98 Å². The molecule has 0 amide bonds. The van der Waals surface area contributed by atoms with Crippen molar-refractivity contribution in [3.05, 3.63) is 36.4 Å². The zero-order valence-electron chi connectivity index (χ0n) is 10.7. The van der Waals surface area contributed by atoms with E-state index < -0.39 is 22.9 Å². The van der Waals surface area contributed by atoms with Crippen LogP contribution in [0.1, 0.15) is 5.89 Å². The molecule has 0 saturated carbocycles. The minimum absolute atomic E-state index is 0.365. The van der Waals surface area contributed by atoms with E-state index >= 15 is 0 Å². The molecule has 0 fully saturated rings. The summed E-state index contributed by atoms with van der Waals surface area (Å²) in [5.41, 5.74) is 1.06. The van der Waals surface area contributed by atoms with Gasteiger partial charge in [0, 0.05) is 12.5 Å². The summed E-state index contributed by atoms with van der Waals surface area (Å²) in [6.07, 6.45) is -3.33. The van der Waals surface area contributed by atoms with Gasteiger partial charge in [-0.05, 0) is 12.1 Å². The van der Waals surface area contributed by atoms with Crippen molar-refractivity contribution in [2.24, 2.45) is 0 Å². The standard InChI is InChI=1S/C12H10F3NO4S/c1-8-16-11(6-19-8)9-2-4-10(5-3-9)21(17,18)20-7-12(13,14)15/h2-6H,7H2,1H3. The molecule has 5 nitrogen and oxygen atoms in total. The maximum atomic E-state index is 12.0. The zero-order chi connectivity index (χ0) is 15.7. The lowest BCUT2D eigenvalue weighted by Crippen LogP contribution is -2.20. The molecule has 0 atom stereocenters. The van der Waals surface area contributed by atoms with Gasteiger partial charge in [0.1, 0.15) is 12.0 Å². The fraction of sp³-hybridized carbons (Fsp3) is 0.250. The average molecular weight is 321 g/mol. The van der Waals surface area contributed by atoms with Crippen LogP contribution in [0.5, 0.6) is 0 Å². The second-order valence-corrected chi connectivity index (χ2v) is 5.72. The highest BCUT2D eigenvalue weighted by Gasteiger charge is 2.31. The van der Waals surface area contributed by atoms with Crippen molar-refractivity contribution in [3.8, 4) is 11.3 Å². The van der Waals surface area contributed by atoms with Crippen molar-refractivity contribution in [2.75, 3.05) is 6.61 Å². The zero-order valence-corrected chi connectivity index (χ0v) is 11.5. The first kappa shape index (κ1) is 15.5. The van der Waals surface area contributed by atoms with Crippen molar-refractivity contribution in [3.63, 3.8) is 0 Å². The molecule has 1 aromatic carbocycles. The van der Waals surface area contributed by atoms with Crippen LogP contribution >= 0.6 is 0 Å². The van der Waals surface area contributed by atoms with E-state index in [9.17, 15) is 21.6 Å². The molecule has 0 bridgehead atoms. The third-order valence-corrected chi connectivity index (χ3v) is 3.71. The number of hydrogen-bond acceptors (Lipinski definition) is 5.